The molecule has 1 saturated heterocycles. The average Bonchev–Trinajstić information content (AvgIpc) is 3.17. The van der Waals surface area contributed by atoms with Crippen molar-refractivity contribution in [3.05, 3.63) is 53.6 Å². The van der Waals surface area contributed by atoms with E-state index in [1.807, 2.05) is 6.92 Å². The highest BCUT2D eigenvalue weighted by atomic mass is 19.1. The van der Waals surface area contributed by atoms with Crippen LogP contribution >= 0.6 is 0 Å². The van der Waals surface area contributed by atoms with E-state index in [4.69, 9.17) is 4.42 Å². The molecule has 7 heteroatoms. The minimum Gasteiger partial charge on any atom is -0.420 e. The van der Waals surface area contributed by atoms with Crippen molar-refractivity contribution in [2.24, 2.45) is 5.41 Å². The van der Waals surface area contributed by atoms with Gasteiger partial charge in [-0.2, -0.15) is 0 Å². The predicted octanol–water partition coefficient (Wildman–Crippen LogP) is 4.06. The highest BCUT2D eigenvalue weighted by molar-refractivity contribution is 5.52. The van der Waals surface area contributed by atoms with Crippen molar-refractivity contribution < 1.29 is 8.81 Å². The van der Waals surface area contributed by atoms with Crippen molar-refractivity contribution in [3.8, 4) is 11.5 Å². The number of piperidine rings is 1. The first-order chi connectivity index (χ1) is 13.6. The maximum absolute atomic E-state index is 13.4. The standard InChI is InChI=1S/C21H22FN5O/c1-13-14(2)23-12-24-18(13)27-8-6-21(7-9-27)11-17(21)20-26-25-19(28-20)15-4-3-5-16(22)10-15/h3-5,10,12,17H,6-9,11H2,1-2H3. The molecule has 0 radical (unpaired) electrons. The first-order valence-electron chi connectivity index (χ1n) is 9.68. The summed E-state index contributed by atoms with van der Waals surface area (Å²) >= 11 is 0. The van der Waals surface area contributed by atoms with Gasteiger partial charge in [0.05, 0.1) is 0 Å². The monoisotopic (exact) mass is 379 g/mol. The summed E-state index contributed by atoms with van der Waals surface area (Å²) in [7, 11) is 0. The Morgan fingerprint density at radius 3 is 2.75 bits per heavy atom. The third kappa shape index (κ3) is 2.85. The van der Waals surface area contributed by atoms with Crippen molar-refractivity contribution in [2.75, 3.05) is 18.0 Å². The summed E-state index contributed by atoms with van der Waals surface area (Å²) in [4.78, 5) is 11.1. The topological polar surface area (TPSA) is 67.9 Å². The maximum atomic E-state index is 13.4. The summed E-state index contributed by atoms with van der Waals surface area (Å²) in [5, 5.41) is 8.40. The second-order valence-electron chi connectivity index (χ2n) is 7.97. The molecule has 1 spiro atoms. The maximum Gasteiger partial charge on any atom is 0.247 e. The summed E-state index contributed by atoms with van der Waals surface area (Å²) < 4.78 is 19.3. The number of halogens is 1. The Morgan fingerprint density at radius 2 is 1.96 bits per heavy atom. The van der Waals surface area contributed by atoms with E-state index < -0.39 is 0 Å². The average molecular weight is 379 g/mol. The molecule has 0 amide bonds. The lowest BCUT2D eigenvalue weighted by atomic mass is 9.90. The Balaban J connectivity index is 1.29. The van der Waals surface area contributed by atoms with E-state index in [2.05, 4.69) is 32.0 Å². The molecule has 6 nitrogen and oxygen atoms in total. The number of benzene rings is 1. The minimum absolute atomic E-state index is 0.248. The molecule has 0 N–H and O–H groups in total. The van der Waals surface area contributed by atoms with Gasteiger partial charge in [0.15, 0.2) is 0 Å². The van der Waals surface area contributed by atoms with Gasteiger partial charge < -0.3 is 9.32 Å². The number of hydrogen-bond donors (Lipinski definition) is 0. The van der Waals surface area contributed by atoms with Crippen molar-refractivity contribution in [1.29, 1.82) is 0 Å². The Labute approximate surface area is 162 Å². The normalized spacial score (nSPS) is 20.5. The lowest BCUT2D eigenvalue weighted by Gasteiger charge is -2.34. The lowest BCUT2D eigenvalue weighted by molar-refractivity contribution is 0.352. The fourth-order valence-electron chi connectivity index (χ4n) is 4.37. The van der Waals surface area contributed by atoms with Gasteiger partial charge in [0.2, 0.25) is 11.8 Å². The Kier molecular flexibility index (Phi) is 3.92. The molecule has 1 atom stereocenters. The SMILES string of the molecule is Cc1ncnc(N2CCC3(CC2)CC3c2nnc(-c3cccc(F)c3)o2)c1C. The molecule has 3 aromatic rings. The lowest BCUT2D eigenvalue weighted by Crippen LogP contribution is -2.36. The third-order valence-corrected chi connectivity index (χ3v) is 6.37. The van der Waals surface area contributed by atoms with Crippen LogP contribution < -0.4 is 4.90 Å². The molecule has 2 fully saturated rings. The van der Waals surface area contributed by atoms with Gasteiger partial charge >= 0.3 is 0 Å². The van der Waals surface area contributed by atoms with E-state index in [1.54, 1.807) is 18.5 Å². The third-order valence-electron chi connectivity index (χ3n) is 6.37. The van der Waals surface area contributed by atoms with Crippen LogP contribution in [0.5, 0.6) is 0 Å². The first-order valence-corrected chi connectivity index (χ1v) is 9.68. The number of rotatable bonds is 3. The molecule has 28 heavy (non-hydrogen) atoms. The molecule has 1 aliphatic carbocycles. The van der Waals surface area contributed by atoms with E-state index in [9.17, 15) is 4.39 Å². The summed E-state index contributed by atoms with van der Waals surface area (Å²) in [6.07, 6.45) is 4.89. The van der Waals surface area contributed by atoms with Crippen LogP contribution in [0.25, 0.3) is 11.5 Å². The van der Waals surface area contributed by atoms with Gasteiger partial charge in [0.25, 0.3) is 0 Å². The first kappa shape index (κ1) is 17.3. The predicted molar refractivity (Wildman–Crippen MR) is 102 cm³/mol. The zero-order valence-electron chi connectivity index (χ0n) is 16.0. The second kappa shape index (κ2) is 6.36. The van der Waals surface area contributed by atoms with Gasteiger partial charge in [-0.1, -0.05) is 6.07 Å². The molecule has 144 valence electrons. The van der Waals surface area contributed by atoms with Crippen molar-refractivity contribution >= 4 is 5.82 Å². The van der Waals surface area contributed by atoms with Gasteiger partial charge in [-0.25, -0.2) is 14.4 Å². The zero-order chi connectivity index (χ0) is 19.3. The molecule has 2 aromatic heterocycles. The quantitative estimate of drug-likeness (QED) is 0.684. The smallest absolute Gasteiger partial charge is 0.247 e. The van der Waals surface area contributed by atoms with Crippen LogP contribution in [0.15, 0.2) is 35.0 Å². The summed E-state index contributed by atoms with van der Waals surface area (Å²) in [6.45, 7) is 6.05. The Bertz CT molecular complexity index is 1030. The molecule has 1 aromatic carbocycles. The summed E-state index contributed by atoms with van der Waals surface area (Å²) in [5.74, 6) is 2.12. The molecule has 5 rings (SSSR count). The number of aryl methyl sites for hydroxylation is 1. The highest BCUT2D eigenvalue weighted by Gasteiger charge is 2.58. The molecule has 2 aliphatic rings. The second-order valence-corrected chi connectivity index (χ2v) is 7.97. The van der Waals surface area contributed by atoms with Gasteiger partial charge in [-0.3, -0.25) is 0 Å². The summed E-state index contributed by atoms with van der Waals surface area (Å²) in [6, 6.07) is 6.27. The van der Waals surface area contributed by atoms with Gasteiger partial charge in [0.1, 0.15) is 18.0 Å². The van der Waals surface area contributed by atoms with E-state index in [1.165, 1.54) is 12.1 Å². The van der Waals surface area contributed by atoms with E-state index in [0.29, 0.717) is 23.3 Å². The fraction of sp³-hybridized carbons (Fsp3) is 0.429. The zero-order valence-corrected chi connectivity index (χ0v) is 16.0. The van der Waals surface area contributed by atoms with Crippen LogP contribution in [-0.4, -0.2) is 33.3 Å². The van der Waals surface area contributed by atoms with Gasteiger partial charge in [-0.05, 0) is 56.7 Å². The van der Waals surface area contributed by atoms with Crippen LogP contribution in [0.1, 0.15) is 42.3 Å². The van der Waals surface area contributed by atoms with Crippen LogP contribution in [0.3, 0.4) is 0 Å². The summed E-state index contributed by atoms with van der Waals surface area (Å²) in [5.41, 5.74) is 3.06. The Morgan fingerprint density at radius 1 is 1.14 bits per heavy atom. The number of anilines is 1. The molecular formula is C21H22FN5O. The largest absolute Gasteiger partial charge is 0.420 e. The number of aromatic nitrogens is 4. The van der Waals surface area contributed by atoms with Crippen molar-refractivity contribution in [1.82, 2.24) is 20.2 Å². The van der Waals surface area contributed by atoms with Gasteiger partial charge in [-0.15, -0.1) is 10.2 Å². The Hall–Kier alpha value is -2.83. The van der Waals surface area contributed by atoms with Crippen molar-refractivity contribution in [2.45, 2.75) is 39.0 Å². The van der Waals surface area contributed by atoms with Crippen LogP contribution in [0, 0.1) is 25.1 Å². The highest BCUT2D eigenvalue weighted by Crippen LogP contribution is 2.64. The fourth-order valence-corrected chi connectivity index (χ4v) is 4.37. The molecular weight excluding hydrogens is 357 g/mol. The van der Waals surface area contributed by atoms with Crippen molar-refractivity contribution in [3.63, 3.8) is 0 Å². The van der Waals surface area contributed by atoms with Crippen LogP contribution in [0.4, 0.5) is 10.2 Å². The number of hydrogen-bond acceptors (Lipinski definition) is 6. The molecule has 1 aliphatic heterocycles. The van der Waals surface area contributed by atoms with E-state index in [0.717, 1.165) is 49.4 Å². The van der Waals surface area contributed by atoms with Crippen LogP contribution in [0.2, 0.25) is 0 Å². The van der Waals surface area contributed by atoms with Crippen LogP contribution in [-0.2, 0) is 0 Å². The molecule has 1 saturated carbocycles. The van der Waals surface area contributed by atoms with E-state index in [-0.39, 0.29) is 11.2 Å². The van der Waals surface area contributed by atoms with Gasteiger partial charge in [0, 0.05) is 35.8 Å². The molecule has 3 heterocycles. The number of nitrogens with zero attached hydrogens (tertiary/aromatic N) is 5. The molecule has 0 bridgehead atoms. The molecule has 1 unspecified atom stereocenters. The minimum atomic E-state index is -0.303. The van der Waals surface area contributed by atoms with E-state index >= 15 is 0 Å².